The van der Waals surface area contributed by atoms with Gasteiger partial charge in [0.25, 0.3) is 0 Å². The van der Waals surface area contributed by atoms with Crippen LogP contribution in [0.4, 0.5) is 8.78 Å². The molecule has 0 fully saturated rings. The number of hydrogen-bond acceptors (Lipinski definition) is 2. The van der Waals surface area contributed by atoms with Crippen molar-refractivity contribution in [2.24, 2.45) is 0 Å². The van der Waals surface area contributed by atoms with E-state index >= 15 is 0 Å². The fraction of sp³-hybridized carbons (Fsp3) is 0.0714. The van der Waals surface area contributed by atoms with Gasteiger partial charge in [0.15, 0.2) is 0 Å². The molecule has 3 nitrogen and oxygen atoms in total. The smallest absolute Gasteiger partial charge is 0.335 e. The molecule has 0 aromatic heterocycles. The Hall–Kier alpha value is -2.43. The molecule has 2 rings (SSSR count). The Balaban J connectivity index is 2.06. The molecule has 0 saturated carbocycles. The van der Waals surface area contributed by atoms with Crippen molar-refractivity contribution < 1.29 is 23.4 Å². The van der Waals surface area contributed by atoms with E-state index in [4.69, 9.17) is 9.84 Å². The number of hydrogen-bond donors (Lipinski definition) is 1. The molecule has 0 saturated heterocycles. The van der Waals surface area contributed by atoms with Crippen molar-refractivity contribution in [3.05, 3.63) is 65.2 Å². The van der Waals surface area contributed by atoms with E-state index in [1.807, 2.05) is 0 Å². The van der Waals surface area contributed by atoms with Gasteiger partial charge in [-0.05, 0) is 42.5 Å². The normalized spacial score (nSPS) is 10.2. The summed E-state index contributed by atoms with van der Waals surface area (Å²) in [6.45, 7) is -0.129. The van der Waals surface area contributed by atoms with Crippen LogP contribution in [0.2, 0.25) is 0 Å². The van der Waals surface area contributed by atoms with Gasteiger partial charge in [0, 0.05) is 5.56 Å². The van der Waals surface area contributed by atoms with Crippen molar-refractivity contribution >= 4 is 5.97 Å². The Labute approximate surface area is 108 Å². The highest BCUT2D eigenvalue weighted by molar-refractivity contribution is 5.87. The van der Waals surface area contributed by atoms with Crippen LogP contribution in [0.1, 0.15) is 15.9 Å². The van der Waals surface area contributed by atoms with Crippen molar-refractivity contribution in [2.75, 3.05) is 0 Å². The van der Waals surface area contributed by atoms with Gasteiger partial charge in [-0.2, -0.15) is 0 Å². The number of carboxylic acid groups (broad SMARTS) is 1. The molecule has 1 N–H and O–H groups in total. The standard InChI is InChI=1S/C14H10F2O3/c15-11-3-6-13(16)10(7-11)8-19-12-4-1-9(2-5-12)14(17)18/h1-7H,8H2,(H,17,18). The number of rotatable bonds is 4. The highest BCUT2D eigenvalue weighted by atomic mass is 19.1. The Bertz CT molecular complexity index is 594. The molecule has 0 radical (unpaired) electrons. The van der Waals surface area contributed by atoms with E-state index < -0.39 is 17.6 Å². The van der Waals surface area contributed by atoms with Crippen molar-refractivity contribution in [1.29, 1.82) is 0 Å². The summed E-state index contributed by atoms with van der Waals surface area (Å²) in [5.41, 5.74) is 0.228. The molecule has 98 valence electrons. The lowest BCUT2D eigenvalue weighted by Crippen LogP contribution is -2.00. The SMILES string of the molecule is O=C(O)c1ccc(OCc2cc(F)ccc2F)cc1. The topological polar surface area (TPSA) is 46.5 Å². The maximum atomic E-state index is 13.3. The predicted octanol–water partition coefficient (Wildman–Crippen LogP) is 3.24. The monoisotopic (exact) mass is 264 g/mol. The molecular formula is C14H10F2O3. The summed E-state index contributed by atoms with van der Waals surface area (Å²) < 4.78 is 31.5. The zero-order chi connectivity index (χ0) is 13.8. The molecule has 0 unspecified atom stereocenters. The molecule has 0 amide bonds. The summed E-state index contributed by atoms with van der Waals surface area (Å²) in [6, 6.07) is 8.78. The Morgan fingerprint density at radius 1 is 1.11 bits per heavy atom. The molecule has 19 heavy (non-hydrogen) atoms. The maximum absolute atomic E-state index is 13.3. The lowest BCUT2D eigenvalue weighted by molar-refractivity contribution is 0.0697. The van der Waals surface area contributed by atoms with E-state index in [1.165, 1.54) is 24.3 Å². The average Bonchev–Trinajstić information content (AvgIpc) is 2.40. The first-order valence-electron chi connectivity index (χ1n) is 5.46. The molecule has 0 aliphatic carbocycles. The number of aromatic carboxylic acids is 1. The van der Waals surface area contributed by atoms with Gasteiger partial charge in [-0.25, -0.2) is 13.6 Å². The first-order chi connectivity index (χ1) is 9.06. The van der Waals surface area contributed by atoms with Crippen LogP contribution in [0.5, 0.6) is 5.75 Å². The molecule has 2 aromatic rings. The molecule has 0 aliphatic heterocycles. The highest BCUT2D eigenvalue weighted by Gasteiger charge is 2.06. The van der Waals surface area contributed by atoms with Gasteiger partial charge >= 0.3 is 5.97 Å². The van der Waals surface area contributed by atoms with E-state index in [-0.39, 0.29) is 17.7 Å². The van der Waals surface area contributed by atoms with Crippen LogP contribution in [0.15, 0.2) is 42.5 Å². The van der Waals surface area contributed by atoms with Crippen LogP contribution in [0, 0.1) is 11.6 Å². The van der Waals surface area contributed by atoms with Gasteiger partial charge in [0.05, 0.1) is 5.56 Å². The summed E-state index contributed by atoms with van der Waals surface area (Å²) in [5.74, 6) is -1.75. The van der Waals surface area contributed by atoms with E-state index in [2.05, 4.69) is 0 Å². The molecule has 2 aromatic carbocycles. The first kappa shape index (κ1) is 13.0. The predicted molar refractivity (Wildman–Crippen MR) is 64.1 cm³/mol. The Kier molecular flexibility index (Phi) is 3.75. The summed E-state index contributed by atoms with van der Waals surface area (Å²) in [5, 5.41) is 8.72. The third-order valence-electron chi connectivity index (χ3n) is 2.50. The second-order valence-electron chi connectivity index (χ2n) is 3.85. The fourth-order valence-electron chi connectivity index (χ4n) is 1.51. The average molecular weight is 264 g/mol. The van der Waals surface area contributed by atoms with Gasteiger partial charge < -0.3 is 9.84 Å². The zero-order valence-electron chi connectivity index (χ0n) is 9.77. The molecule has 0 aliphatic rings. The van der Waals surface area contributed by atoms with Crippen LogP contribution < -0.4 is 4.74 Å². The molecule has 0 bridgehead atoms. The van der Waals surface area contributed by atoms with E-state index in [0.717, 1.165) is 18.2 Å². The molecule has 0 atom stereocenters. The van der Waals surface area contributed by atoms with Crippen LogP contribution in [0.3, 0.4) is 0 Å². The Morgan fingerprint density at radius 2 is 1.79 bits per heavy atom. The fourth-order valence-corrected chi connectivity index (χ4v) is 1.51. The van der Waals surface area contributed by atoms with Gasteiger partial charge in [0.1, 0.15) is 24.0 Å². The van der Waals surface area contributed by atoms with Gasteiger partial charge in [0.2, 0.25) is 0 Å². The highest BCUT2D eigenvalue weighted by Crippen LogP contribution is 2.16. The Morgan fingerprint density at radius 3 is 2.42 bits per heavy atom. The van der Waals surface area contributed by atoms with E-state index in [0.29, 0.717) is 5.75 Å². The number of ether oxygens (including phenoxy) is 1. The summed E-state index contributed by atoms with van der Waals surface area (Å²) >= 11 is 0. The van der Waals surface area contributed by atoms with Crippen LogP contribution in [0.25, 0.3) is 0 Å². The van der Waals surface area contributed by atoms with Crippen LogP contribution in [-0.4, -0.2) is 11.1 Å². The number of halogens is 2. The minimum atomic E-state index is -1.04. The molecule has 5 heteroatoms. The lowest BCUT2D eigenvalue weighted by Gasteiger charge is -2.07. The van der Waals surface area contributed by atoms with Gasteiger partial charge in [-0.3, -0.25) is 0 Å². The van der Waals surface area contributed by atoms with Crippen molar-refractivity contribution in [3.63, 3.8) is 0 Å². The molecular weight excluding hydrogens is 254 g/mol. The van der Waals surface area contributed by atoms with E-state index in [1.54, 1.807) is 0 Å². The van der Waals surface area contributed by atoms with Crippen molar-refractivity contribution in [2.45, 2.75) is 6.61 Å². The minimum Gasteiger partial charge on any atom is -0.489 e. The van der Waals surface area contributed by atoms with Crippen molar-refractivity contribution in [1.82, 2.24) is 0 Å². The summed E-state index contributed by atoms with van der Waals surface area (Å²) in [4.78, 5) is 10.6. The van der Waals surface area contributed by atoms with Crippen LogP contribution >= 0.6 is 0 Å². The quantitative estimate of drug-likeness (QED) is 0.922. The number of carboxylic acids is 1. The van der Waals surface area contributed by atoms with Gasteiger partial charge in [-0.15, -0.1) is 0 Å². The lowest BCUT2D eigenvalue weighted by atomic mass is 10.2. The minimum absolute atomic E-state index is 0.0994. The number of benzene rings is 2. The third-order valence-corrected chi connectivity index (χ3v) is 2.50. The third kappa shape index (κ3) is 3.28. The largest absolute Gasteiger partial charge is 0.489 e. The zero-order valence-corrected chi connectivity index (χ0v) is 9.77. The summed E-state index contributed by atoms with van der Waals surface area (Å²) in [6.07, 6.45) is 0. The first-order valence-corrected chi connectivity index (χ1v) is 5.46. The van der Waals surface area contributed by atoms with Crippen molar-refractivity contribution in [3.8, 4) is 5.75 Å². The maximum Gasteiger partial charge on any atom is 0.335 e. The van der Waals surface area contributed by atoms with Crippen LogP contribution in [-0.2, 0) is 6.61 Å². The van der Waals surface area contributed by atoms with E-state index in [9.17, 15) is 13.6 Å². The second kappa shape index (κ2) is 5.48. The number of carbonyl (C=O) groups is 1. The summed E-state index contributed by atoms with van der Waals surface area (Å²) in [7, 11) is 0. The second-order valence-corrected chi connectivity index (χ2v) is 3.85. The molecule has 0 heterocycles. The van der Waals surface area contributed by atoms with Gasteiger partial charge in [-0.1, -0.05) is 0 Å². The molecule has 0 spiro atoms.